The Morgan fingerprint density at radius 2 is 0.750 bits per heavy atom. The number of aliphatic hydroxyl groups is 2. The lowest BCUT2D eigenvalue weighted by Gasteiger charge is -2.19. The second-order valence-corrected chi connectivity index (χ2v) is 16.5. The van der Waals surface area contributed by atoms with Gasteiger partial charge in [0.2, 0.25) is 5.91 Å². The van der Waals surface area contributed by atoms with Crippen molar-refractivity contribution in [2.45, 2.75) is 257 Å². The molecule has 1 amide bonds. The number of unbranched alkanes of at least 4 members (excludes halogenated alkanes) is 29. The molecule has 0 rings (SSSR count). The Morgan fingerprint density at radius 1 is 0.429 bits per heavy atom. The summed E-state index contributed by atoms with van der Waals surface area (Å²) in [5.41, 5.74) is 0. The number of hydrogen-bond donors (Lipinski definition) is 3. The summed E-state index contributed by atoms with van der Waals surface area (Å²) in [5.74, 6) is -0.0863. The van der Waals surface area contributed by atoms with E-state index in [1.54, 1.807) is 6.08 Å². The molecular formula is C52H95NO3. The summed E-state index contributed by atoms with van der Waals surface area (Å²) < 4.78 is 0. The molecule has 0 fully saturated rings. The predicted molar refractivity (Wildman–Crippen MR) is 248 cm³/mol. The molecule has 0 aromatic carbocycles. The van der Waals surface area contributed by atoms with E-state index in [9.17, 15) is 15.0 Å². The first-order valence-electron chi connectivity index (χ1n) is 24.5. The smallest absolute Gasteiger partial charge is 0.220 e. The second kappa shape index (κ2) is 47.5. The van der Waals surface area contributed by atoms with Gasteiger partial charge in [-0.3, -0.25) is 4.79 Å². The number of hydrogen-bond acceptors (Lipinski definition) is 3. The van der Waals surface area contributed by atoms with Crippen molar-refractivity contribution in [1.82, 2.24) is 5.32 Å². The zero-order valence-electron chi connectivity index (χ0n) is 37.4. The van der Waals surface area contributed by atoms with Crippen LogP contribution in [0.5, 0.6) is 0 Å². The van der Waals surface area contributed by atoms with E-state index in [-0.39, 0.29) is 12.5 Å². The van der Waals surface area contributed by atoms with Crippen molar-refractivity contribution >= 4 is 5.91 Å². The van der Waals surface area contributed by atoms with Gasteiger partial charge in [0.25, 0.3) is 0 Å². The van der Waals surface area contributed by atoms with Crippen molar-refractivity contribution in [3.8, 4) is 0 Å². The first-order chi connectivity index (χ1) is 27.7. The van der Waals surface area contributed by atoms with E-state index in [4.69, 9.17) is 0 Å². The van der Waals surface area contributed by atoms with Crippen LogP contribution in [-0.4, -0.2) is 34.9 Å². The predicted octanol–water partition coefficient (Wildman–Crippen LogP) is 15.7. The molecule has 0 bridgehead atoms. The largest absolute Gasteiger partial charge is 0.394 e. The van der Waals surface area contributed by atoms with Crippen LogP contribution in [0, 0.1) is 0 Å². The van der Waals surface area contributed by atoms with Crippen LogP contribution >= 0.6 is 0 Å². The third-order valence-electron chi connectivity index (χ3n) is 11.0. The second-order valence-electron chi connectivity index (χ2n) is 16.5. The lowest BCUT2D eigenvalue weighted by atomic mass is 10.0. The number of rotatable bonds is 44. The highest BCUT2D eigenvalue weighted by Crippen LogP contribution is 2.15. The van der Waals surface area contributed by atoms with Crippen LogP contribution in [0.1, 0.15) is 245 Å². The van der Waals surface area contributed by atoms with Gasteiger partial charge < -0.3 is 15.5 Å². The average Bonchev–Trinajstić information content (AvgIpc) is 3.20. The van der Waals surface area contributed by atoms with Gasteiger partial charge in [-0.15, -0.1) is 0 Å². The van der Waals surface area contributed by atoms with E-state index in [1.807, 2.05) is 6.08 Å². The van der Waals surface area contributed by atoms with E-state index >= 15 is 0 Å². The Balaban J connectivity index is 3.62. The third-order valence-corrected chi connectivity index (χ3v) is 11.0. The molecule has 2 unspecified atom stereocenters. The maximum Gasteiger partial charge on any atom is 0.220 e. The molecule has 4 heteroatoms. The van der Waals surface area contributed by atoms with Crippen molar-refractivity contribution in [1.29, 1.82) is 0 Å². The first kappa shape index (κ1) is 54.1. The van der Waals surface area contributed by atoms with E-state index in [2.05, 4.69) is 67.8 Å². The molecule has 0 aliphatic carbocycles. The summed E-state index contributed by atoms with van der Waals surface area (Å²) in [6.45, 7) is 4.29. The maximum absolute atomic E-state index is 12.4. The number of allylic oxidation sites excluding steroid dienone is 9. The van der Waals surface area contributed by atoms with Crippen molar-refractivity contribution in [2.75, 3.05) is 6.61 Å². The number of aliphatic hydroxyl groups excluding tert-OH is 2. The SMILES string of the molecule is CCCCCCC/C=C\C/C=C\C/C=C\CCCCCCCCC(=O)NC(CO)C(O)/C=C/CC/C=C/CCCCCCCCCCCCCCCCCCC. The van der Waals surface area contributed by atoms with Gasteiger partial charge in [0.15, 0.2) is 0 Å². The first-order valence-corrected chi connectivity index (χ1v) is 24.5. The van der Waals surface area contributed by atoms with Gasteiger partial charge >= 0.3 is 0 Å². The van der Waals surface area contributed by atoms with Crippen LogP contribution in [0.25, 0.3) is 0 Å². The fourth-order valence-corrected chi connectivity index (χ4v) is 7.20. The highest BCUT2D eigenvalue weighted by molar-refractivity contribution is 5.76. The number of amides is 1. The maximum atomic E-state index is 12.4. The van der Waals surface area contributed by atoms with Crippen molar-refractivity contribution in [2.24, 2.45) is 0 Å². The molecule has 0 saturated carbocycles. The zero-order valence-corrected chi connectivity index (χ0v) is 37.4. The van der Waals surface area contributed by atoms with Crippen LogP contribution in [0.4, 0.5) is 0 Å². The summed E-state index contributed by atoms with van der Waals surface area (Å²) in [4.78, 5) is 12.4. The van der Waals surface area contributed by atoms with Gasteiger partial charge in [0.1, 0.15) is 0 Å². The molecule has 2 atom stereocenters. The summed E-state index contributed by atoms with van der Waals surface area (Å²) in [6.07, 6.45) is 66.3. The van der Waals surface area contributed by atoms with Crippen LogP contribution in [-0.2, 0) is 4.79 Å². The monoisotopic (exact) mass is 782 g/mol. The molecule has 0 saturated heterocycles. The molecular weight excluding hydrogens is 687 g/mol. The third kappa shape index (κ3) is 43.2. The van der Waals surface area contributed by atoms with Crippen LogP contribution in [0.15, 0.2) is 60.8 Å². The fourth-order valence-electron chi connectivity index (χ4n) is 7.20. The molecule has 4 nitrogen and oxygen atoms in total. The topological polar surface area (TPSA) is 69.6 Å². The number of carbonyl (C=O) groups excluding carboxylic acids is 1. The van der Waals surface area contributed by atoms with Gasteiger partial charge in [-0.05, 0) is 70.6 Å². The van der Waals surface area contributed by atoms with Crippen molar-refractivity contribution in [3.63, 3.8) is 0 Å². The van der Waals surface area contributed by atoms with Gasteiger partial charge in [-0.25, -0.2) is 0 Å². The van der Waals surface area contributed by atoms with Crippen molar-refractivity contribution < 1.29 is 15.0 Å². The Hall–Kier alpha value is -1.91. The Bertz CT molecular complexity index is 934. The molecule has 0 aliphatic heterocycles. The molecule has 326 valence electrons. The minimum Gasteiger partial charge on any atom is -0.394 e. The van der Waals surface area contributed by atoms with E-state index in [1.165, 1.54) is 167 Å². The zero-order chi connectivity index (χ0) is 40.7. The normalized spacial score (nSPS) is 13.4. The number of carbonyl (C=O) groups is 1. The van der Waals surface area contributed by atoms with Crippen molar-refractivity contribution in [3.05, 3.63) is 60.8 Å². The molecule has 3 N–H and O–H groups in total. The van der Waals surface area contributed by atoms with Crippen LogP contribution in [0.3, 0.4) is 0 Å². The molecule has 0 aliphatic rings. The fraction of sp³-hybridized carbons (Fsp3) is 0.788. The van der Waals surface area contributed by atoms with Gasteiger partial charge in [0.05, 0.1) is 18.8 Å². The molecule has 56 heavy (non-hydrogen) atoms. The molecule has 0 spiro atoms. The Labute approximate surface area is 349 Å². The van der Waals surface area contributed by atoms with Crippen LogP contribution < -0.4 is 5.32 Å². The lowest BCUT2D eigenvalue weighted by molar-refractivity contribution is -0.123. The Kier molecular flexibility index (Phi) is 45.8. The van der Waals surface area contributed by atoms with E-state index < -0.39 is 12.1 Å². The minimum absolute atomic E-state index is 0.0863. The Morgan fingerprint density at radius 3 is 1.16 bits per heavy atom. The summed E-state index contributed by atoms with van der Waals surface area (Å²) in [5, 5.41) is 23.1. The van der Waals surface area contributed by atoms with E-state index in [0.29, 0.717) is 6.42 Å². The molecule has 0 radical (unpaired) electrons. The van der Waals surface area contributed by atoms with Gasteiger partial charge in [-0.1, -0.05) is 229 Å². The minimum atomic E-state index is -0.871. The highest BCUT2D eigenvalue weighted by Gasteiger charge is 2.17. The molecule has 0 heterocycles. The van der Waals surface area contributed by atoms with Gasteiger partial charge in [0, 0.05) is 6.42 Å². The van der Waals surface area contributed by atoms with E-state index in [0.717, 1.165) is 57.8 Å². The van der Waals surface area contributed by atoms with Gasteiger partial charge in [-0.2, -0.15) is 0 Å². The quantitative estimate of drug-likeness (QED) is 0.0426. The molecule has 0 aromatic heterocycles. The standard InChI is InChI=1S/C52H95NO3/c1-3-5-7-9-11-13-15-17-19-21-23-25-26-28-29-31-33-35-37-39-41-43-45-47-51(55)50(49-54)53-52(56)48-46-44-42-40-38-36-34-32-30-27-24-22-20-18-16-14-12-10-8-6-4-2/h16,18,22,24,30,32,37,39,45,47,50-51,54-55H,3-15,17,19-21,23,25-29,31,33-36,38,40-44,46,48-49H2,1-2H3,(H,53,56)/b18-16-,24-22-,32-30-,39-37+,47-45+. The highest BCUT2D eigenvalue weighted by atomic mass is 16.3. The average molecular weight is 782 g/mol. The summed E-state index contributed by atoms with van der Waals surface area (Å²) in [6, 6.07) is -0.649. The number of nitrogens with one attached hydrogen (secondary N) is 1. The van der Waals surface area contributed by atoms with Crippen LogP contribution in [0.2, 0.25) is 0 Å². The molecule has 0 aromatic rings. The summed E-state index contributed by atoms with van der Waals surface area (Å²) in [7, 11) is 0. The lowest BCUT2D eigenvalue weighted by Crippen LogP contribution is -2.45. The summed E-state index contributed by atoms with van der Waals surface area (Å²) >= 11 is 0.